The van der Waals surface area contributed by atoms with Gasteiger partial charge in [0.25, 0.3) is 0 Å². The fourth-order valence-corrected chi connectivity index (χ4v) is 11.2. The molecule has 0 fully saturated rings. The smallest absolute Gasteiger partial charge is 0.463 e. The topological polar surface area (TPSA) is 231 Å². The Balaban J connectivity index is 4.67. The van der Waals surface area contributed by atoms with E-state index in [1.54, 1.807) is 0 Å². The van der Waals surface area contributed by atoms with Crippen molar-refractivity contribution >= 4 is 33.6 Å². The molecular formula is C79H134O16P2. The van der Waals surface area contributed by atoms with E-state index in [1.165, 1.54) is 44.9 Å². The second-order valence-electron chi connectivity index (χ2n) is 24.7. The maximum Gasteiger partial charge on any atom is 0.472 e. The van der Waals surface area contributed by atoms with E-state index in [9.17, 15) is 43.5 Å². The number of aliphatic hydroxyl groups excluding tert-OH is 2. The number of hydrogen-bond donors (Lipinski definition) is 4. The van der Waals surface area contributed by atoms with E-state index < -0.39 is 91.5 Å². The van der Waals surface area contributed by atoms with Crippen LogP contribution in [-0.4, -0.2) is 95.9 Å². The summed E-state index contributed by atoms with van der Waals surface area (Å²) in [4.78, 5) is 58.6. The molecule has 0 aliphatic carbocycles. The molecule has 0 saturated heterocycles. The van der Waals surface area contributed by atoms with Crippen molar-refractivity contribution in [3.05, 3.63) is 134 Å². The average molecular weight is 1400 g/mol. The molecule has 0 saturated carbocycles. The summed E-state index contributed by atoms with van der Waals surface area (Å²) in [7, 11) is -9.80. The Morgan fingerprint density at radius 1 is 0.299 bits per heavy atom. The van der Waals surface area contributed by atoms with Crippen molar-refractivity contribution < 1.29 is 75.8 Å². The first kappa shape index (κ1) is 92.7. The molecule has 97 heavy (non-hydrogen) atoms. The second kappa shape index (κ2) is 71.5. The Labute approximate surface area is 588 Å². The Morgan fingerprint density at radius 3 is 0.866 bits per heavy atom. The van der Waals surface area contributed by atoms with E-state index in [4.69, 9.17) is 32.3 Å². The zero-order valence-electron chi connectivity index (χ0n) is 60.5. The first-order valence-corrected chi connectivity index (χ1v) is 40.5. The Hall–Kier alpha value is -4.31. The number of ether oxygens (including phenoxy) is 3. The molecule has 0 amide bonds. The van der Waals surface area contributed by atoms with Crippen molar-refractivity contribution in [2.75, 3.05) is 39.6 Å². The molecule has 0 radical (unpaired) electrons. The number of aliphatic hydroxyl groups is 2. The first-order valence-electron chi connectivity index (χ1n) is 37.5. The lowest BCUT2D eigenvalue weighted by atomic mass is 10.1. The highest BCUT2D eigenvalue weighted by Gasteiger charge is 2.29. The van der Waals surface area contributed by atoms with Gasteiger partial charge in [-0.2, -0.15) is 0 Å². The van der Waals surface area contributed by atoms with Gasteiger partial charge in [-0.1, -0.05) is 264 Å². The molecule has 18 heteroatoms. The Morgan fingerprint density at radius 2 is 0.546 bits per heavy atom. The SMILES string of the molecule is CC/C=C\C/C=C\C/C=C\C/C=C\C/C=C\CCCCCCCCCC(=O)OCC(O)COP(=O)(O)OCC(O)COP(=O)(O)OCC(COC(=O)CCCCCCCCC/C=C\C/C=C\C/C=C\C/C=C\CCCCC)OC(=O)CCCCCCC/C=C\C/C=C\CCCCC. The van der Waals surface area contributed by atoms with Gasteiger partial charge in [0.05, 0.1) is 26.4 Å². The molecule has 5 atom stereocenters. The van der Waals surface area contributed by atoms with Gasteiger partial charge >= 0.3 is 33.6 Å². The molecule has 16 nitrogen and oxygen atoms in total. The van der Waals surface area contributed by atoms with Gasteiger partial charge in [0.1, 0.15) is 25.4 Å². The molecule has 0 bridgehead atoms. The van der Waals surface area contributed by atoms with Crippen molar-refractivity contribution in [3.8, 4) is 0 Å². The van der Waals surface area contributed by atoms with Crippen LogP contribution in [0.3, 0.4) is 0 Å². The van der Waals surface area contributed by atoms with E-state index in [-0.39, 0.29) is 19.3 Å². The molecular weight excluding hydrogens is 1270 g/mol. The monoisotopic (exact) mass is 1400 g/mol. The van der Waals surface area contributed by atoms with Crippen LogP contribution < -0.4 is 0 Å². The van der Waals surface area contributed by atoms with Gasteiger partial charge in [-0.15, -0.1) is 0 Å². The van der Waals surface area contributed by atoms with E-state index in [0.29, 0.717) is 19.3 Å². The van der Waals surface area contributed by atoms with Gasteiger partial charge in [0.2, 0.25) is 0 Å². The number of carbonyl (C=O) groups is 3. The first-order chi connectivity index (χ1) is 47.2. The van der Waals surface area contributed by atoms with Crippen LogP contribution in [0.5, 0.6) is 0 Å². The molecule has 0 rings (SSSR count). The minimum Gasteiger partial charge on any atom is -0.463 e. The third-order valence-electron chi connectivity index (χ3n) is 15.3. The highest BCUT2D eigenvalue weighted by Crippen LogP contribution is 2.45. The van der Waals surface area contributed by atoms with Gasteiger partial charge in [0.15, 0.2) is 6.10 Å². The summed E-state index contributed by atoms with van der Waals surface area (Å²) in [5, 5.41) is 20.6. The van der Waals surface area contributed by atoms with E-state index in [1.807, 2.05) is 0 Å². The van der Waals surface area contributed by atoms with Crippen LogP contribution in [-0.2, 0) is 55.8 Å². The second-order valence-corrected chi connectivity index (χ2v) is 27.6. The number of unbranched alkanes of at least 4 members (excludes halogenated alkanes) is 25. The summed E-state index contributed by atoms with van der Waals surface area (Å²) in [6, 6.07) is 0. The standard InChI is InChI=1S/C79H134O16P2/c1-4-7-10-13-16-19-22-25-28-30-32-34-36-38-40-42-45-47-50-53-56-59-62-65-77(82)89-68-74(80)69-91-96(85,86)92-70-75(81)71-93-97(87,88)94-73-76(95-79(84)67-64-61-58-55-52-49-44-27-24-21-18-15-12-9-6-3)72-90-78(83)66-63-60-57-54-51-48-46-43-41-39-37-35-33-31-29-26-23-20-17-14-11-8-5-2/h7,10,16-21,25-29,32-35,38-41,44,74-76,80-81H,4-6,8-9,11-15,22-24,30-31,36-37,42-43,45-73H2,1-3H3,(H,85,86)(H,87,88)/b10-7-,19-16-,20-17-,21-18-,28-25-,29-26-,34-32-,35-33-,40-38-,41-39-,44-27-. The molecule has 0 aromatic rings. The van der Waals surface area contributed by atoms with Crippen LogP contribution in [0.15, 0.2) is 134 Å². The van der Waals surface area contributed by atoms with Crippen molar-refractivity contribution in [3.63, 3.8) is 0 Å². The lowest BCUT2D eigenvalue weighted by molar-refractivity contribution is -0.161. The Kier molecular flexibility index (Phi) is 68.3. The summed E-state index contributed by atoms with van der Waals surface area (Å²) in [5.41, 5.74) is 0. The number of rotatable bonds is 70. The lowest BCUT2D eigenvalue weighted by Gasteiger charge is -2.21. The summed E-state index contributed by atoms with van der Waals surface area (Å²) in [6.45, 7) is 2.46. The predicted octanol–water partition coefficient (Wildman–Crippen LogP) is 21.5. The maximum absolute atomic E-state index is 13.0. The predicted molar refractivity (Wildman–Crippen MR) is 399 cm³/mol. The van der Waals surface area contributed by atoms with Crippen LogP contribution >= 0.6 is 15.6 Å². The van der Waals surface area contributed by atoms with Crippen molar-refractivity contribution in [1.29, 1.82) is 0 Å². The summed E-state index contributed by atoms with van der Waals surface area (Å²) < 4.78 is 61.0. The number of allylic oxidation sites excluding steroid dienone is 22. The quantitative estimate of drug-likeness (QED) is 0.0146. The van der Waals surface area contributed by atoms with Crippen LogP contribution in [0.25, 0.3) is 0 Å². The normalized spacial score (nSPS) is 14.8. The Bertz CT molecular complexity index is 2300. The molecule has 556 valence electrons. The maximum atomic E-state index is 13.0. The summed E-state index contributed by atoms with van der Waals surface area (Å²) in [5.74, 6) is -1.61. The highest BCUT2D eigenvalue weighted by atomic mass is 31.2. The minimum atomic E-state index is -4.94. The number of phosphoric ester groups is 2. The van der Waals surface area contributed by atoms with Crippen molar-refractivity contribution in [2.45, 2.75) is 309 Å². The van der Waals surface area contributed by atoms with Gasteiger partial charge in [0, 0.05) is 19.3 Å². The fourth-order valence-electron chi connectivity index (χ4n) is 9.61. The summed E-state index contributed by atoms with van der Waals surface area (Å²) >= 11 is 0. The molecule has 4 N–H and O–H groups in total. The van der Waals surface area contributed by atoms with Crippen molar-refractivity contribution in [2.24, 2.45) is 0 Å². The van der Waals surface area contributed by atoms with Gasteiger partial charge in [-0.3, -0.25) is 32.5 Å². The molecule has 0 aliphatic rings. The van der Waals surface area contributed by atoms with Crippen LogP contribution in [0.4, 0.5) is 0 Å². The lowest BCUT2D eigenvalue weighted by Crippen LogP contribution is -2.30. The number of phosphoric acid groups is 2. The molecule has 0 aromatic heterocycles. The third-order valence-corrected chi connectivity index (χ3v) is 17.2. The van der Waals surface area contributed by atoms with Crippen LogP contribution in [0.2, 0.25) is 0 Å². The largest absolute Gasteiger partial charge is 0.472 e. The molecule has 0 aliphatic heterocycles. The van der Waals surface area contributed by atoms with Gasteiger partial charge in [-0.05, 0) is 141 Å². The zero-order valence-corrected chi connectivity index (χ0v) is 62.2. The van der Waals surface area contributed by atoms with Crippen LogP contribution in [0.1, 0.15) is 290 Å². The third kappa shape index (κ3) is 72.8. The zero-order chi connectivity index (χ0) is 70.9. The number of esters is 3. The van der Waals surface area contributed by atoms with Crippen molar-refractivity contribution in [1.82, 2.24) is 0 Å². The number of hydrogen-bond acceptors (Lipinski definition) is 14. The molecule has 5 unspecified atom stereocenters. The van der Waals surface area contributed by atoms with E-state index in [2.05, 4.69) is 154 Å². The number of carbonyl (C=O) groups excluding carboxylic acids is 3. The molecule has 0 aromatic carbocycles. The fraction of sp³-hybridized carbons (Fsp3) is 0.684. The van der Waals surface area contributed by atoms with Gasteiger partial charge in [-0.25, -0.2) is 9.13 Å². The van der Waals surface area contributed by atoms with Crippen LogP contribution in [0, 0.1) is 0 Å². The molecule has 0 heterocycles. The van der Waals surface area contributed by atoms with Gasteiger partial charge < -0.3 is 34.2 Å². The molecule has 0 spiro atoms. The average Bonchev–Trinajstić information content (AvgIpc) is 1.77. The minimum absolute atomic E-state index is 0.0827. The van der Waals surface area contributed by atoms with E-state index >= 15 is 0 Å². The highest BCUT2D eigenvalue weighted by molar-refractivity contribution is 7.47. The van der Waals surface area contributed by atoms with E-state index in [0.717, 1.165) is 186 Å². The summed E-state index contributed by atoms with van der Waals surface area (Å²) in [6.07, 6.45) is 84.9.